The molecule has 1 aromatic heterocycles. The number of nitrogens with zero attached hydrogens (tertiary/aromatic N) is 1. The van der Waals surface area contributed by atoms with Gasteiger partial charge in [-0.2, -0.15) is 0 Å². The molecule has 3 aromatic rings. The second-order valence-corrected chi connectivity index (χ2v) is 6.23. The van der Waals surface area contributed by atoms with Gasteiger partial charge < -0.3 is 10.1 Å². The molecule has 0 saturated carbocycles. The summed E-state index contributed by atoms with van der Waals surface area (Å²) in [4.78, 5) is 28.6. The molecule has 1 N–H and O–H groups in total. The number of esters is 1. The highest BCUT2D eigenvalue weighted by atomic mass is 19.1. The molecule has 0 bridgehead atoms. The summed E-state index contributed by atoms with van der Waals surface area (Å²) in [6, 6.07) is 16.0. The number of hydrogen-bond donors (Lipinski definition) is 1. The zero-order valence-corrected chi connectivity index (χ0v) is 15.3. The van der Waals surface area contributed by atoms with Crippen LogP contribution in [0.5, 0.6) is 0 Å². The van der Waals surface area contributed by atoms with Gasteiger partial charge in [0.25, 0.3) is 0 Å². The number of pyridine rings is 1. The fourth-order valence-corrected chi connectivity index (χ4v) is 2.85. The summed E-state index contributed by atoms with van der Waals surface area (Å²) < 4.78 is 18.0. The molecule has 1 atom stereocenters. The van der Waals surface area contributed by atoms with Gasteiger partial charge in [0, 0.05) is 18.1 Å². The number of anilines is 1. The summed E-state index contributed by atoms with van der Waals surface area (Å²) in [6.07, 6.45) is 3.79. The third-order valence-electron chi connectivity index (χ3n) is 4.33. The van der Waals surface area contributed by atoms with E-state index in [2.05, 4.69) is 15.0 Å². The number of aromatic nitrogens is 1. The topological polar surface area (TPSA) is 68.3 Å². The van der Waals surface area contributed by atoms with E-state index in [1.165, 1.54) is 19.2 Å². The minimum atomic E-state index is -0.523. The molecule has 0 radical (unpaired) electrons. The molecule has 0 aliphatic carbocycles. The molecule has 5 nitrogen and oxygen atoms in total. The van der Waals surface area contributed by atoms with Crippen molar-refractivity contribution in [3.05, 3.63) is 95.6 Å². The third-order valence-corrected chi connectivity index (χ3v) is 4.33. The van der Waals surface area contributed by atoms with Crippen LogP contribution in [0.15, 0.2) is 73.1 Å². The van der Waals surface area contributed by atoms with Crippen molar-refractivity contribution in [2.75, 3.05) is 12.4 Å². The number of amides is 1. The van der Waals surface area contributed by atoms with Crippen molar-refractivity contribution in [1.29, 1.82) is 0 Å². The van der Waals surface area contributed by atoms with Gasteiger partial charge in [-0.3, -0.25) is 9.78 Å². The largest absolute Gasteiger partial charge is 0.465 e. The molecule has 1 amide bonds. The van der Waals surface area contributed by atoms with Crippen LogP contribution in [0.4, 0.5) is 10.1 Å². The van der Waals surface area contributed by atoms with Gasteiger partial charge >= 0.3 is 5.97 Å². The molecule has 3 rings (SSSR count). The van der Waals surface area contributed by atoms with E-state index in [-0.39, 0.29) is 11.7 Å². The summed E-state index contributed by atoms with van der Waals surface area (Å²) in [5.74, 6) is -1.56. The van der Waals surface area contributed by atoms with Gasteiger partial charge in [0.2, 0.25) is 5.91 Å². The second kappa shape index (κ2) is 8.90. The normalized spacial score (nSPS) is 11.5. The Morgan fingerprint density at radius 1 is 1.07 bits per heavy atom. The van der Waals surface area contributed by atoms with Crippen molar-refractivity contribution in [3.8, 4) is 0 Å². The summed E-state index contributed by atoms with van der Waals surface area (Å²) in [7, 11) is 1.31. The number of methoxy groups -OCH3 is 1. The first kappa shape index (κ1) is 19.2. The predicted molar refractivity (Wildman–Crippen MR) is 103 cm³/mol. The first-order chi connectivity index (χ1) is 13.6. The molecule has 0 spiro atoms. The maximum Gasteiger partial charge on any atom is 0.337 e. The lowest BCUT2D eigenvalue weighted by Gasteiger charge is -2.17. The van der Waals surface area contributed by atoms with Crippen LogP contribution in [0.2, 0.25) is 0 Å². The van der Waals surface area contributed by atoms with E-state index in [4.69, 9.17) is 0 Å². The number of ether oxygens (including phenoxy) is 1. The molecule has 1 heterocycles. The lowest BCUT2D eigenvalue weighted by atomic mass is 9.91. The first-order valence-corrected chi connectivity index (χ1v) is 8.70. The fourth-order valence-electron chi connectivity index (χ4n) is 2.85. The SMILES string of the molecule is COC(=O)c1ccc(NC(=O)C(Cc2cccnc2)c2ccc(F)cc2)cc1. The van der Waals surface area contributed by atoms with E-state index in [9.17, 15) is 14.0 Å². The maximum absolute atomic E-state index is 13.3. The van der Waals surface area contributed by atoms with Crippen molar-refractivity contribution in [1.82, 2.24) is 4.98 Å². The number of benzene rings is 2. The molecule has 2 aromatic carbocycles. The van der Waals surface area contributed by atoms with Crippen LogP contribution in [0.1, 0.15) is 27.4 Å². The Balaban J connectivity index is 1.81. The Bertz CT molecular complexity index is 942. The van der Waals surface area contributed by atoms with Crippen molar-refractivity contribution >= 4 is 17.6 Å². The minimum absolute atomic E-state index is 0.235. The highest BCUT2D eigenvalue weighted by Gasteiger charge is 2.22. The standard InChI is InChI=1S/C22H19FN2O3/c1-28-22(27)17-6-10-19(11-7-17)25-21(26)20(13-15-3-2-12-24-14-15)16-4-8-18(23)9-5-16/h2-12,14,20H,13H2,1H3,(H,25,26). The second-order valence-electron chi connectivity index (χ2n) is 6.23. The number of rotatable bonds is 6. The van der Waals surface area contributed by atoms with Crippen LogP contribution >= 0.6 is 0 Å². The van der Waals surface area contributed by atoms with Gasteiger partial charge in [0.1, 0.15) is 5.82 Å². The Kier molecular flexibility index (Phi) is 6.11. The minimum Gasteiger partial charge on any atom is -0.465 e. The van der Waals surface area contributed by atoms with Crippen LogP contribution in [-0.4, -0.2) is 24.0 Å². The van der Waals surface area contributed by atoms with Gasteiger partial charge in [-0.05, 0) is 60.0 Å². The molecule has 0 aliphatic rings. The zero-order valence-electron chi connectivity index (χ0n) is 15.3. The van der Waals surface area contributed by atoms with Crippen LogP contribution in [0, 0.1) is 5.82 Å². The van der Waals surface area contributed by atoms with Crippen LogP contribution in [-0.2, 0) is 16.0 Å². The summed E-state index contributed by atoms with van der Waals surface area (Å²) in [5.41, 5.74) is 2.55. The number of nitrogens with one attached hydrogen (secondary N) is 1. The fraction of sp³-hybridized carbons (Fsp3) is 0.136. The molecular formula is C22H19FN2O3. The Morgan fingerprint density at radius 2 is 1.79 bits per heavy atom. The molecule has 0 aliphatic heterocycles. The highest BCUT2D eigenvalue weighted by Crippen LogP contribution is 2.23. The molecule has 0 saturated heterocycles. The predicted octanol–water partition coefficient (Wildman–Crippen LogP) is 3.97. The highest BCUT2D eigenvalue weighted by molar-refractivity contribution is 5.97. The Hall–Kier alpha value is -3.54. The average Bonchev–Trinajstić information content (AvgIpc) is 2.73. The monoisotopic (exact) mass is 378 g/mol. The maximum atomic E-state index is 13.3. The smallest absolute Gasteiger partial charge is 0.337 e. The van der Waals surface area contributed by atoms with E-state index in [0.717, 1.165) is 5.56 Å². The van der Waals surface area contributed by atoms with E-state index in [1.807, 2.05) is 6.07 Å². The van der Waals surface area contributed by atoms with Crippen molar-refractivity contribution in [2.45, 2.75) is 12.3 Å². The van der Waals surface area contributed by atoms with Gasteiger partial charge in [0.05, 0.1) is 18.6 Å². The number of carbonyl (C=O) groups excluding carboxylic acids is 2. The van der Waals surface area contributed by atoms with Gasteiger partial charge in [-0.1, -0.05) is 18.2 Å². The van der Waals surface area contributed by atoms with E-state index in [1.54, 1.807) is 54.9 Å². The van der Waals surface area contributed by atoms with Gasteiger partial charge in [-0.25, -0.2) is 9.18 Å². The van der Waals surface area contributed by atoms with Crippen molar-refractivity contribution in [2.24, 2.45) is 0 Å². The summed E-state index contributed by atoms with van der Waals surface area (Å²) >= 11 is 0. The van der Waals surface area contributed by atoms with Crippen molar-refractivity contribution < 1.29 is 18.7 Å². The molecule has 0 fully saturated rings. The molecule has 142 valence electrons. The Morgan fingerprint density at radius 3 is 2.39 bits per heavy atom. The van der Waals surface area contributed by atoms with E-state index >= 15 is 0 Å². The lowest BCUT2D eigenvalue weighted by Crippen LogP contribution is -2.23. The summed E-state index contributed by atoms with van der Waals surface area (Å²) in [5, 5.41) is 2.85. The molecule has 1 unspecified atom stereocenters. The van der Waals surface area contributed by atoms with E-state index < -0.39 is 11.9 Å². The van der Waals surface area contributed by atoms with E-state index in [0.29, 0.717) is 23.2 Å². The lowest BCUT2D eigenvalue weighted by molar-refractivity contribution is -0.117. The quantitative estimate of drug-likeness (QED) is 0.659. The van der Waals surface area contributed by atoms with Gasteiger partial charge in [-0.15, -0.1) is 0 Å². The van der Waals surface area contributed by atoms with Crippen molar-refractivity contribution in [3.63, 3.8) is 0 Å². The summed E-state index contributed by atoms with van der Waals surface area (Å²) in [6.45, 7) is 0. The van der Waals surface area contributed by atoms with Crippen LogP contribution < -0.4 is 5.32 Å². The number of halogens is 1. The molecular weight excluding hydrogens is 359 g/mol. The average molecular weight is 378 g/mol. The molecule has 28 heavy (non-hydrogen) atoms. The van der Waals surface area contributed by atoms with Crippen LogP contribution in [0.25, 0.3) is 0 Å². The first-order valence-electron chi connectivity index (χ1n) is 8.70. The number of hydrogen-bond acceptors (Lipinski definition) is 4. The van der Waals surface area contributed by atoms with Gasteiger partial charge in [0.15, 0.2) is 0 Å². The number of carbonyl (C=O) groups is 2. The Labute approximate surface area is 162 Å². The van der Waals surface area contributed by atoms with Crippen LogP contribution in [0.3, 0.4) is 0 Å². The zero-order chi connectivity index (χ0) is 19.9. The third kappa shape index (κ3) is 4.79. The molecule has 6 heteroatoms.